The second-order valence-electron chi connectivity index (χ2n) is 3.28. The Morgan fingerprint density at radius 2 is 2.31 bits per heavy atom. The van der Waals surface area contributed by atoms with Crippen molar-refractivity contribution in [3.05, 3.63) is 30.4 Å². The second-order valence-corrected chi connectivity index (χ2v) is 4.11. The van der Waals surface area contributed by atoms with Gasteiger partial charge in [-0.15, -0.1) is 11.8 Å². The van der Waals surface area contributed by atoms with Crippen LogP contribution >= 0.6 is 11.8 Å². The Hall–Kier alpha value is -1.56. The van der Waals surface area contributed by atoms with Gasteiger partial charge in [-0.05, 0) is 12.3 Å². The van der Waals surface area contributed by atoms with Crippen LogP contribution in [0.5, 0.6) is 0 Å². The average Bonchev–Trinajstić information content (AvgIpc) is 2.73. The highest BCUT2D eigenvalue weighted by Gasteiger charge is 1.99. The van der Waals surface area contributed by atoms with Gasteiger partial charge in [-0.1, -0.05) is 0 Å². The predicted octanol–water partition coefficient (Wildman–Crippen LogP) is 1.54. The number of anilines is 1. The van der Waals surface area contributed by atoms with E-state index in [1.807, 2.05) is 31.6 Å². The van der Waals surface area contributed by atoms with Gasteiger partial charge in [-0.25, -0.2) is 9.97 Å². The highest BCUT2D eigenvalue weighted by atomic mass is 32.2. The zero-order chi connectivity index (χ0) is 11.4. The third-order valence-corrected chi connectivity index (χ3v) is 2.71. The molecule has 0 spiro atoms. The lowest BCUT2D eigenvalue weighted by atomic mass is 10.4. The van der Waals surface area contributed by atoms with E-state index in [4.69, 9.17) is 0 Å². The maximum Gasteiger partial charge on any atom is 0.130 e. The molecule has 0 saturated carbocycles. The summed E-state index contributed by atoms with van der Waals surface area (Å²) in [5, 5.41) is 8.44. The van der Waals surface area contributed by atoms with E-state index in [9.17, 15) is 0 Å². The summed E-state index contributed by atoms with van der Waals surface area (Å²) < 4.78 is 1.78. The molecular weight excluding hydrogens is 222 g/mol. The van der Waals surface area contributed by atoms with Gasteiger partial charge in [0.15, 0.2) is 0 Å². The topological polar surface area (TPSA) is 55.6 Å². The Bertz CT molecular complexity index is 468. The first-order valence-electron chi connectivity index (χ1n) is 4.86. The molecule has 6 heteroatoms. The summed E-state index contributed by atoms with van der Waals surface area (Å²) in [6.07, 6.45) is 5.47. The van der Waals surface area contributed by atoms with E-state index in [1.165, 1.54) is 0 Å². The van der Waals surface area contributed by atoms with Gasteiger partial charge < -0.3 is 5.32 Å². The van der Waals surface area contributed by atoms with Crippen molar-refractivity contribution in [2.45, 2.75) is 11.6 Å². The number of nitrogens with one attached hydrogen (secondary N) is 1. The number of aryl methyl sites for hydroxylation is 1. The third kappa shape index (κ3) is 2.73. The van der Waals surface area contributed by atoms with Crippen LogP contribution in [0.3, 0.4) is 0 Å². The molecule has 0 aliphatic heterocycles. The van der Waals surface area contributed by atoms with Crippen molar-refractivity contribution in [1.29, 1.82) is 0 Å². The molecule has 0 aromatic carbocycles. The molecule has 2 heterocycles. The van der Waals surface area contributed by atoms with Crippen LogP contribution in [0.15, 0.2) is 29.7 Å². The first-order chi connectivity index (χ1) is 7.78. The van der Waals surface area contributed by atoms with Crippen molar-refractivity contribution >= 4 is 17.6 Å². The Labute approximate surface area is 98.3 Å². The van der Waals surface area contributed by atoms with Crippen LogP contribution in [0.25, 0.3) is 0 Å². The highest BCUT2D eigenvalue weighted by molar-refractivity contribution is 7.98. The number of aromatic nitrogens is 4. The van der Waals surface area contributed by atoms with Gasteiger partial charge in [0.1, 0.15) is 17.2 Å². The molecule has 0 unspecified atom stereocenters. The fourth-order valence-corrected chi connectivity index (χ4v) is 1.67. The summed E-state index contributed by atoms with van der Waals surface area (Å²) in [4.78, 5) is 8.25. The molecule has 0 bridgehead atoms. The Morgan fingerprint density at radius 1 is 1.44 bits per heavy atom. The molecule has 0 radical (unpaired) electrons. The zero-order valence-electron chi connectivity index (χ0n) is 9.21. The van der Waals surface area contributed by atoms with Crippen LogP contribution in [0.2, 0.25) is 0 Å². The quantitative estimate of drug-likeness (QED) is 0.643. The normalized spacial score (nSPS) is 10.4. The molecule has 2 rings (SSSR count). The summed E-state index contributed by atoms with van der Waals surface area (Å²) in [5.41, 5.74) is 0.992. The van der Waals surface area contributed by atoms with Crippen LogP contribution in [0.1, 0.15) is 5.69 Å². The van der Waals surface area contributed by atoms with Gasteiger partial charge in [0.05, 0.1) is 12.2 Å². The second kappa shape index (κ2) is 4.98. The summed E-state index contributed by atoms with van der Waals surface area (Å²) in [6, 6.07) is 3.90. The maximum absolute atomic E-state index is 4.27. The monoisotopic (exact) mass is 235 g/mol. The van der Waals surface area contributed by atoms with Crippen LogP contribution < -0.4 is 5.32 Å². The minimum atomic E-state index is 0.672. The minimum absolute atomic E-state index is 0.672. The van der Waals surface area contributed by atoms with Gasteiger partial charge in [0, 0.05) is 19.3 Å². The predicted molar refractivity (Wildman–Crippen MR) is 64.3 cm³/mol. The molecule has 0 saturated heterocycles. The summed E-state index contributed by atoms with van der Waals surface area (Å²) in [6.45, 7) is 0.672. The Balaban J connectivity index is 1.99. The van der Waals surface area contributed by atoms with Gasteiger partial charge in [0.25, 0.3) is 0 Å². The smallest absolute Gasteiger partial charge is 0.130 e. The standard InChI is InChI=1S/C10H13N5S/c1-15-4-3-8(14-15)6-11-9-5-10(16-2)13-7-12-9/h3-5,7H,6H2,1-2H3,(H,11,12,13). The molecular formula is C10H13N5S. The lowest BCUT2D eigenvalue weighted by Crippen LogP contribution is -2.03. The fourth-order valence-electron chi connectivity index (χ4n) is 1.29. The molecule has 0 atom stereocenters. The van der Waals surface area contributed by atoms with E-state index in [1.54, 1.807) is 22.8 Å². The zero-order valence-corrected chi connectivity index (χ0v) is 10.0. The molecule has 0 fully saturated rings. The Kier molecular flexibility index (Phi) is 3.40. The first-order valence-corrected chi connectivity index (χ1v) is 6.09. The van der Waals surface area contributed by atoms with E-state index >= 15 is 0 Å². The number of nitrogens with zero attached hydrogens (tertiary/aromatic N) is 4. The molecule has 84 valence electrons. The maximum atomic E-state index is 4.27. The first kappa shape index (κ1) is 10.9. The number of hydrogen-bond acceptors (Lipinski definition) is 5. The van der Waals surface area contributed by atoms with Crippen molar-refractivity contribution in [2.75, 3.05) is 11.6 Å². The third-order valence-electron chi connectivity index (χ3n) is 2.07. The van der Waals surface area contributed by atoms with E-state index in [2.05, 4.69) is 20.4 Å². The van der Waals surface area contributed by atoms with Gasteiger partial charge in [0.2, 0.25) is 0 Å². The molecule has 5 nitrogen and oxygen atoms in total. The molecule has 2 aromatic rings. The van der Waals surface area contributed by atoms with E-state index < -0.39 is 0 Å². The van der Waals surface area contributed by atoms with Crippen molar-refractivity contribution in [3.8, 4) is 0 Å². The summed E-state index contributed by atoms with van der Waals surface area (Å²) in [7, 11) is 1.90. The molecule has 0 amide bonds. The van der Waals surface area contributed by atoms with Gasteiger partial charge >= 0.3 is 0 Å². The number of rotatable bonds is 4. The van der Waals surface area contributed by atoms with E-state index in [0.29, 0.717) is 6.54 Å². The average molecular weight is 235 g/mol. The lowest BCUT2D eigenvalue weighted by Gasteiger charge is -2.03. The van der Waals surface area contributed by atoms with Crippen molar-refractivity contribution in [1.82, 2.24) is 19.7 Å². The van der Waals surface area contributed by atoms with Crippen molar-refractivity contribution in [2.24, 2.45) is 7.05 Å². The highest BCUT2D eigenvalue weighted by Crippen LogP contribution is 2.13. The van der Waals surface area contributed by atoms with E-state index in [-0.39, 0.29) is 0 Å². The van der Waals surface area contributed by atoms with Crippen molar-refractivity contribution in [3.63, 3.8) is 0 Å². The molecule has 1 N–H and O–H groups in total. The van der Waals surface area contributed by atoms with E-state index in [0.717, 1.165) is 16.5 Å². The van der Waals surface area contributed by atoms with Crippen LogP contribution in [0, 0.1) is 0 Å². The molecule has 2 aromatic heterocycles. The lowest BCUT2D eigenvalue weighted by molar-refractivity contribution is 0.746. The SMILES string of the molecule is CSc1cc(NCc2ccn(C)n2)ncn1. The molecule has 16 heavy (non-hydrogen) atoms. The molecule has 0 aliphatic carbocycles. The molecule has 0 aliphatic rings. The van der Waals surface area contributed by atoms with Gasteiger partial charge in [-0.3, -0.25) is 4.68 Å². The number of hydrogen-bond donors (Lipinski definition) is 1. The summed E-state index contributed by atoms with van der Waals surface area (Å²) in [5.74, 6) is 0.824. The van der Waals surface area contributed by atoms with Crippen LogP contribution in [0.4, 0.5) is 5.82 Å². The Morgan fingerprint density at radius 3 is 3.00 bits per heavy atom. The fraction of sp³-hybridized carbons (Fsp3) is 0.300. The minimum Gasteiger partial charge on any atom is -0.364 e. The van der Waals surface area contributed by atoms with Crippen LogP contribution in [-0.4, -0.2) is 26.0 Å². The van der Waals surface area contributed by atoms with Crippen LogP contribution in [-0.2, 0) is 13.6 Å². The largest absolute Gasteiger partial charge is 0.364 e. The van der Waals surface area contributed by atoms with Crippen molar-refractivity contribution < 1.29 is 0 Å². The van der Waals surface area contributed by atoms with Gasteiger partial charge in [-0.2, -0.15) is 5.10 Å². The number of thioether (sulfide) groups is 1. The summed E-state index contributed by atoms with van der Waals surface area (Å²) >= 11 is 1.60.